The Hall–Kier alpha value is -2.31. The van der Waals surface area contributed by atoms with Gasteiger partial charge in [-0.05, 0) is 52.7 Å². The molecule has 0 saturated carbocycles. The Morgan fingerprint density at radius 3 is 2.75 bits per heavy atom. The number of nitrogens with zero attached hydrogens (tertiary/aromatic N) is 2. The van der Waals surface area contributed by atoms with Crippen LogP contribution in [0.15, 0.2) is 70.2 Å². The Morgan fingerprint density at radius 2 is 2.04 bits per heavy atom. The van der Waals surface area contributed by atoms with Crippen molar-refractivity contribution in [2.24, 2.45) is 0 Å². The Morgan fingerprint density at radius 1 is 1.25 bits per heavy atom. The molecule has 2 aromatic carbocycles. The Balaban J connectivity index is 1.73. The molecule has 144 valence electrons. The fraction of sp³-hybridized carbons (Fsp3) is 0.182. The highest BCUT2D eigenvalue weighted by molar-refractivity contribution is 9.10. The van der Waals surface area contributed by atoms with E-state index >= 15 is 0 Å². The first-order valence-electron chi connectivity index (χ1n) is 8.91. The molecule has 3 rings (SSSR count). The van der Waals surface area contributed by atoms with Crippen LogP contribution in [0.25, 0.3) is 6.08 Å². The van der Waals surface area contributed by atoms with Crippen molar-refractivity contribution in [3.05, 3.63) is 82.1 Å². The number of benzene rings is 2. The zero-order valence-electron chi connectivity index (χ0n) is 15.8. The van der Waals surface area contributed by atoms with Crippen LogP contribution in [0.3, 0.4) is 0 Å². The van der Waals surface area contributed by atoms with Crippen molar-refractivity contribution in [3.63, 3.8) is 0 Å². The van der Waals surface area contributed by atoms with Gasteiger partial charge in [-0.1, -0.05) is 36.4 Å². The minimum Gasteiger partial charge on any atom is -0.496 e. The molecule has 0 unspecified atom stereocenters. The molecule has 0 amide bonds. The smallest absolute Gasteiger partial charge is 0.205 e. The fourth-order valence-corrected chi connectivity index (χ4v) is 4.16. The highest BCUT2D eigenvalue weighted by Gasteiger charge is 2.14. The summed E-state index contributed by atoms with van der Waals surface area (Å²) in [4.78, 5) is 13.8. The number of ketones is 1. The number of allylic oxidation sites excluding steroid dienone is 1. The molecule has 0 atom stereocenters. The molecule has 0 spiro atoms. The van der Waals surface area contributed by atoms with Gasteiger partial charge in [0.2, 0.25) is 5.78 Å². The number of hydrogen-bond acceptors (Lipinski definition) is 4. The van der Waals surface area contributed by atoms with Crippen molar-refractivity contribution >= 4 is 39.6 Å². The summed E-state index contributed by atoms with van der Waals surface area (Å²) in [5.41, 5.74) is 2.59. The van der Waals surface area contributed by atoms with E-state index < -0.39 is 0 Å². The second kappa shape index (κ2) is 9.75. The normalized spacial score (nSPS) is 11.1. The predicted octanol–water partition coefficient (Wildman–Crippen LogP) is 5.86. The molecule has 0 saturated heterocycles. The van der Waals surface area contributed by atoms with Crippen molar-refractivity contribution in [3.8, 4) is 5.75 Å². The highest BCUT2D eigenvalue weighted by Crippen LogP contribution is 2.29. The topological polar surface area (TPSA) is 44.1 Å². The van der Waals surface area contributed by atoms with Crippen LogP contribution in [0.1, 0.15) is 28.5 Å². The second-order valence-corrected chi connectivity index (χ2v) is 7.93. The maximum absolute atomic E-state index is 12.5. The SMILES string of the molecule is CCn1ncc(Br)c1C(=O)/C=C/c1ccc(CSc2ccccc2)c(OC)c1. The van der Waals surface area contributed by atoms with Gasteiger partial charge in [-0.2, -0.15) is 5.10 Å². The number of thioether (sulfide) groups is 1. The molecule has 0 bridgehead atoms. The maximum Gasteiger partial charge on any atom is 0.205 e. The largest absolute Gasteiger partial charge is 0.496 e. The van der Waals surface area contributed by atoms with E-state index in [4.69, 9.17) is 4.74 Å². The number of aromatic nitrogens is 2. The Labute approximate surface area is 177 Å². The summed E-state index contributed by atoms with van der Waals surface area (Å²) in [7, 11) is 1.67. The summed E-state index contributed by atoms with van der Waals surface area (Å²) in [5.74, 6) is 1.55. The molecule has 28 heavy (non-hydrogen) atoms. The number of methoxy groups -OCH3 is 1. The van der Waals surface area contributed by atoms with Crippen molar-refractivity contribution < 1.29 is 9.53 Å². The van der Waals surface area contributed by atoms with Gasteiger partial charge >= 0.3 is 0 Å². The minimum atomic E-state index is -0.0890. The molecule has 1 aromatic heterocycles. The van der Waals surface area contributed by atoms with E-state index in [1.54, 1.807) is 41.9 Å². The number of carbonyl (C=O) groups is 1. The highest BCUT2D eigenvalue weighted by atomic mass is 79.9. The number of aryl methyl sites for hydroxylation is 1. The van der Waals surface area contributed by atoms with Gasteiger partial charge in [0.25, 0.3) is 0 Å². The van der Waals surface area contributed by atoms with Gasteiger partial charge in [0.05, 0.1) is 17.8 Å². The lowest BCUT2D eigenvalue weighted by molar-refractivity contribution is 0.103. The molecule has 0 aliphatic heterocycles. The summed E-state index contributed by atoms with van der Waals surface area (Å²) in [6.45, 7) is 2.60. The predicted molar refractivity (Wildman–Crippen MR) is 118 cm³/mol. The summed E-state index contributed by atoms with van der Waals surface area (Å²) in [5, 5.41) is 4.19. The maximum atomic E-state index is 12.5. The van der Waals surface area contributed by atoms with Crippen LogP contribution in [0.4, 0.5) is 0 Å². The van der Waals surface area contributed by atoms with Crippen molar-refractivity contribution in [1.82, 2.24) is 9.78 Å². The van der Waals surface area contributed by atoms with E-state index in [-0.39, 0.29) is 5.78 Å². The zero-order valence-corrected chi connectivity index (χ0v) is 18.2. The van der Waals surface area contributed by atoms with Crippen LogP contribution in [0, 0.1) is 0 Å². The van der Waals surface area contributed by atoms with E-state index in [0.717, 1.165) is 22.6 Å². The molecule has 0 aliphatic rings. The van der Waals surface area contributed by atoms with Crippen LogP contribution in [-0.2, 0) is 12.3 Å². The minimum absolute atomic E-state index is 0.0890. The molecule has 0 radical (unpaired) electrons. The average Bonchev–Trinajstić information content (AvgIpc) is 3.12. The molecule has 0 fully saturated rings. The zero-order chi connectivity index (χ0) is 19.9. The second-order valence-electron chi connectivity index (χ2n) is 6.03. The number of halogens is 1. The van der Waals surface area contributed by atoms with Crippen LogP contribution >= 0.6 is 27.7 Å². The van der Waals surface area contributed by atoms with Gasteiger partial charge < -0.3 is 4.74 Å². The first kappa shape index (κ1) is 20.4. The van der Waals surface area contributed by atoms with Gasteiger partial charge in [0, 0.05) is 22.8 Å². The van der Waals surface area contributed by atoms with E-state index in [1.807, 2.05) is 43.3 Å². The van der Waals surface area contributed by atoms with Gasteiger partial charge in [0.1, 0.15) is 11.4 Å². The van der Waals surface area contributed by atoms with Crippen LogP contribution in [0.2, 0.25) is 0 Å². The molecule has 1 heterocycles. The van der Waals surface area contributed by atoms with Crippen molar-refractivity contribution in [1.29, 1.82) is 0 Å². The third-order valence-corrected chi connectivity index (χ3v) is 5.84. The van der Waals surface area contributed by atoms with Gasteiger partial charge in [-0.3, -0.25) is 9.48 Å². The Bertz CT molecular complexity index is 983. The summed E-state index contributed by atoms with van der Waals surface area (Å²) in [6, 6.07) is 16.3. The van der Waals surface area contributed by atoms with E-state index in [1.165, 1.54) is 4.90 Å². The third-order valence-electron chi connectivity index (χ3n) is 4.20. The number of carbonyl (C=O) groups excluding carboxylic acids is 1. The number of hydrogen-bond donors (Lipinski definition) is 0. The summed E-state index contributed by atoms with van der Waals surface area (Å²) in [6.07, 6.45) is 5.02. The molecular formula is C22H21BrN2O2S. The molecule has 0 aliphatic carbocycles. The summed E-state index contributed by atoms with van der Waals surface area (Å²) < 4.78 is 7.94. The van der Waals surface area contributed by atoms with E-state index in [0.29, 0.717) is 16.7 Å². The fourth-order valence-electron chi connectivity index (χ4n) is 2.76. The molecule has 6 heteroatoms. The summed E-state index contributed by atoms with van der Waals surface area (Å²) >= 11 is 5.16. The molecular weight excluding hydrogens is 436 g/mol. The lowest BCUT2D eigenvalue weighted by Crippen LogP contribution is -2.07. The van der Waals surface area contributed by atoms with Gasteiger partial charge in [-0.15, -0.1) is 11.8 Å². The lowest BCUT2D eigenvalue weighted by Gasteiger charge is -2.09. The van der Waals surface area contributed by atoms with Gasteiger partial charge in [-0.25, -0.2) is 0 Å². The first-order valence-corrected chi connectivity index (χ1v) is 10.7. The average molecular weight is 457 g/mol. The number of rotatable bonds is 8. The first-order chi connectivity index (χ1) is 13.6. The third kappa shape index (κ3) is 4.94. The van der Waals surface area contributed by atoms with Gasteiger partial charge in [0.15, 0.2) is 0 Å². The van der Waals surface area contributed by atoms with E-state index in [9.17, 15) is 4.79 Å². The lowest BCUT2D eigenvalue weighted by atomic mass is 10.1. The Kier molecular flexibility index (Phi) is 7.12. The quantitative estimate of drug-likeness (QED) is 0.241. The van der Waals surface area contributed by atoms with Crippen molar-refractivity contribution in [2.75, 3.05) is 7.11 Å². The molecule has 0 N–H and O–H groups in total. The van der Waals surface area contributed by atoms with E-state index in [2.05, 4.69) is 33.2 Å². The van der Waals surface area contributed by atoms with Crippen LogP contribution in [0.5, 0.6) is 5.75 Å². The van der Waals surface area contributed by atoms with Crippen molar-refractivity contribution in [2.45, 2.75) is 24.1 Å². The monoisotopic (exact) mass is 456 g/mol. The molecule has 3 aromatic rings. The standard InChI is InChI=1S/C22H21BrN2O2S/c1-3-25-22(19(23)14-24-25)20(26)12-10-16-9-11-17(21(13-16)27-2)15-28-18-7-5-4-6-8-18/h4-14H,3,15H2,1-2H3/b12-10+. The van der Waals surface area contributed by atoms with Crippen LogP contribution < -0.4 is 4.74 Å². The molecule has 4 nitrogen and oxygen atoms in total. The number of ether oxygens (including phenoxy) is 1. The van der Waals surface area contributed by atoms with Crippen LogP contribution in [-0.4, -0.2) is 22.7 Å².